The number of thioether (sulfide) groups is 1. The van der Waals surface area contributed by atoms with Gasteiger partial charge in [0, 0.05) is 12.3 Å². The molecule has 0 saturated carbocycles. The monoisotopic (exact) mass is 300 g/mol. The molecule has 6 heteroatoms. The molecule has 0 aliphatic rings. The summed E-state index contributed by atoms with van der Waals surface area (Å²) in [6.45, 7) is 4.03. The summed E-state index contributed by atoms with van der Waals surface area (Å²) in [4.78, 5) is 23.0. The molecule has 106 valence electrons. The van der Waals surface area contributed by atoms with Gasteiger partial charge in [-0.2, -0.15) is 0 Å². The molecule has 0 aromatic carbocycles. The largest absolute Gasteiger partial charge is 0.369 e. The average molecular weight is 300 g/mol. The second-order valence-corrected chi connectivity index (χ2v) is 6.98. The van der Waals surface area contributed by atoms with Crippen molar-refractivity contribution in [3.63, 3.8) is 0 Å². The van der Waals surface area contributed by atoms with Gasteiger partial charge in [0.05, 0.1) is 10.1 Å². The van der Waals surface area contributed by atoms with Crippen LogP contribution in [0.1, 0.15) is 26.7 Å². The summed E-state index contributed by atoms with van der Waals surface area (Å²) < 4.78 is 1.16. The van der Waals surface area contributed by atoms with Gasteiger partial charge in [0.2, 0.25) is 11.8 Å². The van der Waals surface area contributed by atoms with Crippen molar-refractivity contribution in [1.82, 2.24) is 5.32 Å². The van der Waals surface area contributed by atoms with Crippen LogP contribution in [0.2, 0.25) is 0 Å². The number of nitrogens with two attached hydrogens (primary N) is 1. The number of amides is 2. The predicted octanol–water partition coefficient (Wildman–Crippen LogP) is 2.45. The van der Waals surface area contributed by atoms with E-state index in [1.54, 1.807) is 23.1 Å². The Kier molecular flexibility index (Phi) is 6.94. The molecular weight excluding hydrogens is 280 g/mol. The molecule has 0 fully saturated rings. The van der Waals surface area contributed by atoms with Gasteiger partial charge in [0.1, 0.15) is 0 Å². The minimum atomic E-state index is -0.394. The van der Waals surface area contributed by atoms with Gasteiger partial charge in [-0.05, 0) is 23.8 Å². The first kappa shape index (κ1) is 16.0. The minimum absolute atomic E-state index is 0.117. The summed E-state index contributed by atoms with van der Waals surface area (Å²) in [5.41, 5.74) is 5.32. The Morgan fingerprint density at radius 3 is 2.74 bits per heavy atom. The molecule has 0 aliphatic carbocycles. The Balaban J connectivity index is 2.30. The van der Waals surface area contributed by atoms with Crippen molar-refractivity contribution in [3.05, 3.63) is 17.5 Å². The van der Waals surface area contributed by atoms with E-state index in [0.717, 1.165) is 4.21 Å². The molecule has 0 radical (unpaired) electrons. The first-order valence-corrected chi connectivity index (χ1v) is 8.08. The number of rotatable bonds is 8. The van der Waals surface area contributed by atoms with Crippen LogP contribution in [0.3, 0.4) is 0 Å². The summed E-state index contributed by atoms with van der Waals surface area (Å²) in [6, 6.07) is 3.98. The van der Waals surface area contributed by atoms with Crippen LogP contribution in [0.4, 0.5) is 0 Å². The number of thiophene rings is 1. The highest BCUT2D eigenvalue weighted by Gasteiger charge is 2.20. The van der Waals surface area contributed by atoms with Gasteiger partial charge < -0.3 is 11.1 Å². The molecule has 0 aliphatic heterocycles. The normalized spacial score (nSPS) is 12.4. The molecule has 0 bridgehead atoms. The average Bonchev–Trinajstić information content (AvgIpc) is 2.80. The minimum Gasteiger partial charge on any atom is -0.369 e. The lowest BCUT2D eigenvalue weighted by Gasteiger charge is -2.15. The van der Waals surface area contributed by atoms with E-state index in [1.165, 1.54) is 0 Å². The van der Waals surface area contributed by atoms with Crippen LogP contribution in [-0.2, 0) is 9.59 Å². The fraction of sp³-hybridized carbons (Fsp3) is 0.538. The third-order valence-electron chi connectivity index (χ3n) is 2.57. The molecule has 1 aromatic heterocycles. The molecule has 0 saturated heterocycles. The van der Waals surface area contributed by atoms with Crippen LogP contribution in [-0.4, -0.2) is 17.7 Å². The number of hydrogen-bond acceptors (Lipinski definition) is 4. The van der Waals surface area contributed by atoms with E-state index in [0.29, 0.717) is 18.2 Å². The van der Waals surface area contributed by atoms with Crippen LogP contribution in [0.15, 0.2) is 21.7 Å². The van der Waals surface area contributed by atoms with Crippen LogP contribution >= 0.6 is 23.1 Å². The molecule has 1 heterocycles. The molecule has 1 aromatic rings. The third-order valence-corrected chi connectivity index (χ3v) is 4.58. The summed E-state index contributed by atoms with van der Waals surface area (Å²) in [7, 11) is 0. The summed E-state index contributed by atoms with van der Waals surface area (Å²) in [5.74, 6) is -0.00669. The lowest BCUT2D eigenvalue weighted by Crippen LogP contribution is -2.32. The molecular formula is C13H20N2O2S2. The van der Waals surface area contributed by atoms with E-state index >= 15 is 0 Å². The molecule has 0 unspecified atom stereocenters. The Morgan fingerprint density at radius 1 is 1.47 bits per heavy atom. The van der Waals surface area contributed by atoms with E-state index < -0.39 is 5.91 Å². The van der Waals surface area contributed by atoms with Gasteiger partial charge in [-0.25, -0.2) is 0 Å². The Hall–Kier alpha value is -1.01. The maximum atomic E-state index is 11.7. The smallest absolute Gasteiger partial charge is 0.221 e. The van der Waals surface area contributed by atoms with Crippen molar-refractivity contribution >= 4 is 34.9 Å². The fourth-order valence-corrected chi connectivity index (χ4v) is 3.31. The first-order chi connectivity index (χ1) is 8.99. The Morgan fingerprint density at radius 2 is 2.21 bits per heavy atom. The second kappa shape index (κ2) is 8.22. The van der Waals surface area contributed by atoms with E-state index in [1.807, 2.05) is 31.4 Å². The number of carbonyl (C=O) groups excluding carboxylic acids is 2. The predicted molar refractivity (Wildman–Crippen MR) is 79.9 cm³/mol. The second-order valence-electron chi connectivity index (χ2n) is 4.75. The Bertz CT molecular complexity index is 405. The molecule has 3 N–H and O–H groups in total. The SMILES string of the molecule is CC(C)C[C@@H](CC(=O)NCSc1cccs1)C(N)=O. The standard InChI is InChI=1S/C13H20N2O2S2/c1-9(2)6-10(13(14)17)7-11(16)15-8-19-12-4-3-5-18-12/h3-5,9-10H,6-8H2,1-2H3,(H2,14,17)(H,15,16)/t10-/m0/s1. The van der Waals surface area contributed by atoms with E-state index in [4.69, 9.17) is 5.73 Å². The van der Waals surface area contributed by atoms with Gasteiger partial charge in [-0.3, -0.25) is 9.59 Å². The van der Waals surface area contributed by atoms with E-state index in [-0.39, 0.29) is 18.2 Å². The zero-order valence-corrected chi connectivity index (χ0v) is 12.9. The van der Waals surface area contributed by atoms with Crippen LogP contribution in [0.25, 0.3) is 0 Å². The molecule has 2 amide bonds. The number of hydrogen-bond donors (Lipinski definition) is 2. The van der Waals surface area contributed by atoms with Gasteiger partial charge >= 0.3 is 0 Å². The van der Waals surface area contributed by atoms with Crippen LogP contribution in [0.5, 0.6) is 0 Å². The lowest BCUT2D eigenvalue weighted by atomic mass is 9.93. The summed E-state index contributed by atoms with van der Waals surface area (Å²) >= 11 is 3.21. The van der Waals surface area contributed by atoms with Gasteiger partial charge in [-0.1, -0.05) is 31.7 Å². The maximum Gasteiger partial charge on any atom is 0.221 e. The van der Waals surface area contributed by atoms with Gasteiger partial charge in [0.15, 0.2) is 0 Å². The van der Waals surface area contributed by atoms with Gasteiger partial charge in [0.25, 0.3) is 0 Å². The van der Waals surface area contributed by atoms with Crippen molar-refractivity contribution in [2.45, 2.75) is 30.9 Å². The molecule has 1 rings (SSSR count). The molecule has 19 heavy (non-hydrogen) atoms. The number of nitrogens with one attached hydrogen (secondary N) is 1. The Labute approximate surface area is 122 Å². The van der Waals surface area contributed by atoms with Crippen molar-refractivity contribution in [3.8, 4) is 0 Å². The molecule has 4 nitrogen and oxygen atoms in total. The third kappa shape index (κ3) is 6.63. The van der Waals surface area contributed by atoms with Crippen LogP contribution in [0, 0.1) is 11.8 Å². The summed E-state index contributed by atoms with van der Waals surface area (Å²) in [6.07, 6.45) is 0.833. The highest BCUT2D eigenvalue weighted by atomic mass is 32.2. The fourth-order valence-electron chi connectivity index (χ4n) is 1.70. The zero-order chi connectivity index (χ0) is 14.3. The zero-order valence-electron chi connectivity index (χ0n) is 11.2. The first-order valence-electron chi connectivity index (χ1n) is 6.21. The van der Waals surface area contributed by atoms with Crippen molar-refractivity contribution in [2.75, 3.05) is 5.88 Å². The van der Waals surface area contributed by atoms with Crippen molar-refractivity contribution in [1.29, 1.82) is 0 Å². The number of carbonyl (C=O) groups is 2. The van der Waals surface area contributed by atoms with Crippen molar-refractivity contribution < 1.29 is 9.59 Å². The molecule has 1 atom stereocenters. The lowest BCUT2D eigenvalue weighted by molar-refractivity contribution is -0.128. The maximum absolute atomic E-state index is 11.7. The highest BCUT2D eigenvalue weighted by Crippen LogP contribution is 2.22. The van der Waals surface area contributed by atoms with Crippen LogP contribution < -0.4 is 11.1 Å². The van der Waals surface area contributed by atoms with Crippen molar-refractivity contribution in [2.24, 2.45) is 17.6 Å². The number of primary amides is 1. The van der Waals surface area contributed by atoms with E-state index in [2.05, 4.69) is 5.32 Å². The molecule has 0 spiro atoms. The quantitative estimate of drug-likeness (QED) is 0.572. The van der Waals surface area contributed by atoms with E-state index in [9.17, 15) is 9.59 Å². The topological polar surface area (TPSA) is 72.2 Å². The highest BCUT2D eigenvalue weighted by molar-refractivity contribution is 8.01. The van der Waals surface area contributed by atoms with Gasteiger partial charge in [-0.15, -0.1) is 11.3 Å². The summed E-state index contributed by atoms with van der Waals surface area (Å²) in [5, 5.41) is 4.80.